The van der Waals surface area contributed by atoms with Crippen molar-refractivity contribution in [1.82, 2.24) is 14.8 Å². The van der Waals surface area contributed by atoms with Crippen molar-refractivity contribution in [3.05, 3.63) is 17.8 Å². The lowest BCUT2D eigenvalue weighted by molar-refractivity contribution is -0.144. The molecule has 6 heteroatoms. The van der Waals surface area contributed by atoms with Crippen molar-refractivity contribution in [1.29, 1.82) is 0 Å². The summed E-state index contributed by atoms with van der Waals surface area (Å²) in [4.78, 5) is 20.7. The fourth-order valence-electron chi connectivity index (χ4n) is 3.37. The van der Waals surface area contributed by atoms with E-state index in [0.29, 0.717) is 12.6 Å². The lowest BCUT2D eigenvalue weighted by Crippen LogP contribution is -2.40. The highest BCUT2D eigenvalue weighted by atomic mass is 16.6. The average molecular weight is 307 g/mol. The van der Waals surface area contributed by atoms with Gasteiger partial charge in [-0.3, -0.25) is 14.6 Å². The highest BCUT2D eigenvalue weighted by molar-refractivity contribution is 5.78. The molecule has 0 spiro atoms. The zero-order valence-corrected chi connectivity index (χ0v) is 13.6. The molecule has 122 valence electrons. The molecule has 2 aliphatic heterocycles. The molecule has 1 aromatic rings. The number of hydrogen-bond acceptors (Lipinski definition) is 6. The van der Waals surface area contributed by atoms with Crippen molar-refractivity contribution in [2.75, 3.05) is 20.1 Å². The van der Waals surface area contributed by atoms with Crippen molar-refractivity contribution in [3.63, 3.8) is 0 Å². The summed E-state index contributed by atoms with van der Waals surface area (Å²) in [7, 11) is 2.10. The van der Waals surface area contributed by atoms with E-state index in [1.165, 1.54) is 0 Å². The summed E-state index contributed by atoms with van der Waals surface area (Å²) >= 11 is 0. The Labute approximate surface area is 131 Å². The van der Waals surface area contributed by atoms with Crippen LogP contribution in [0.3, 0.4) is 0 Å². The van der Waals surface area contributed by atoms with E-state index in [-0.39, 0.29) is 18.1 Å². The van der Waals surface area contributed by atoms with E-state index in [1.54, 1.807) is 6.20 Å². The number of rotatable bonds is 5. The van der Waals surface area contributed by atoms with Crippen LogP contribution in [-0.2, 0) is 22.5 Å². The van der Waals surface area contributed by atoms with Gasteiger partial charge in [0, 0.05) is 32.0 Å². The van der Waals surface area contributed by atoms with E-state index in [1.807, 2.05) is 6.92 Å². The van der Waals surface area contributed by atoms with Crippen molar-refractivity contribution < 1.29 is 13.9 Å². The zero-order valence-electron chi connectivity index (χ0n) is 13.6. The van der Waals surface area contributed by atoms with Crippen molar-refractivity contribution >= 4 is 5.97 Å². The third-order valence-electron chi connectivity index (χ3n) is 4.74. The van der Waals surface area contributed by atoms with Crippen LogP contribution in [0.1, 0.15) is 38.3 Å². The molecule has 0 aromatic carbocycles. The van der Waals surface area contributed by atoms with E-state index < -0.39 is 0 Å². The van der Waals surface area contributed by atoms with Gasteiger partial charge in [0.05, 0.1) is 12.7 Å². The number of esters is 1. The first-order valence-electron chi connectivity index (χ1n) is 8.15. The van der Waals surface area contributed by atoms with Crippen molar-refractivity contribution in [2.45, 2.75) is 57.8 Å². The summed E-state index contributed by atoms with van der Waals surface area (Å²) in [6.07, 6.45) is 4.61. The molecule has 2 saturated heterocycles. The first kappa shape index (κ1) is 15.5. The highest BCUT2D eigenvalue weighted by Gasteiger charge is 2.40. The van der Waals surface area contributed by atoms with Crippen molar-refractivity contribution in [2.24, 2.45) is 0 Å². The average Bonchev–Trinajstić information content (AvgIpc) is 3.18. The van der Waals surface area contributed by atoms with Gasteiger partial charge in [-0.2, -0.15) is 0 Å². The summed E-state index contributed by atoms with van der Waals surface area (Å²) in [5, 5.41) is 0. The number of nitrogens with zero attached hydrogens (tertiary/aromatic N) is 3. The number of carbonyl (C=O) groups is 1. The Morgan fingerprint density at radius 3 is 2.95 bits per heavy atom. The number of oxazole rings is 1. The Morgan fingerprint density at radius 1 is 1.50 bits per heavy atom. The fraction of sp³-hybridized carbons (Fsp3) is 0.750. The van der Waals surface area contributed by atoms with Crippen LogP contribution >= 0.6 is 0 Å². The smallest absolute Gasteiger partial charge is 0.323 e. The molecule has 0 saturated carbocycles. The van der Waals surface area contributed by atoms with Crippen LogP contribution in [0.5, 0.6) is 0 Å². The van der Waals surface area contributed by atoms with E-state index >= 15 is 0 Å². The molecule has 0 bridgehead atoms. The molecule has 0 N–H and O–H groups in total. The second kappa shape index (κ2) is 6.38. The zero-order chi connectivity index (χ0) is 15.7. The number of cyclic esters (lactones) is 1. The van der Waals surface area contributed by atoms with Gasteiger partial charge in [-0.05, 0) is 20.4 Å². The van der Waals surface area contributed by atoms with Gasteiger partial charge in [-0.25, -0.2) is 4.98 Å². The van der Waals surface area contributed by atoms with Crippen LogP contribution in [0, 0.1) is 0 Å². The Kier molecular flexibility index (Phi) is 4.49. The molecular formula is C16H25N3O3. The number of hydrogen-bond donors (Lipinski definition) is 0. The molecule has 0 radical (unpaired) electrons. The molecule has 22 heavy (non-hydrogen) atoms. The van der Waals surface area contributed by atoms with Gasteiger partial charge in [0.1, 0.15) is 17.9 Å². The van der Waals surface area contributed by atoms with Crippen LogP contribution in [0.2, 0.25) is 0 Å². The van der Waals surface area contributed by atoms with Gasteiger partial charge in [0.2, 0.25) is 5.89 Å². The minimum absolute atomic E-state index is 0.0501. The Hall–Kier alpha value is -1.40. The number of carbonyl (C=O) groups excluding carboxylic acids is 1. The van der Waals surface area contributed by atoms with Crippen LogP contribution in [0.15, 0.2) is 10.6 Å². The molecule has 3 heterocycles. The van der Waals surface area contributed by atoms with E-state index in [9.17, 15) is 4.79 Å². The maximum atomic E-state index is 11.9. The van der Waals surface area contributed by atoms with E-state index in [4.69, 9.17) is 9.15 Å². The van der Waals surface area contributed by atoms with Crippen LogP contribution in [0.25, 0.3) is 0 Å². The second-order valence-electron chi connectivity index (χ2n) is 6.43. The number of aryl methyl sites for hydroxylation is 1. The minimum atomic E-state index is -0.0592. The van der Waals surface area contributed by atoms with Gasteiger partial charge in [0.25, 0.3) is 0 Å². The fourth-order valence-corrected chi connectivity index (χ4v) is 3.37. The Morgan fingerprint density at radius 2 is 2.32 bits per heavy atom. The predicted octanol–water partition coefficient (Wildman–Crippen LogP) is 1.45. The molecule has 0 unspecified atom stereocenters. The number of ether oxygens (including phenoxy) is 1. The molecule has 2 aliphatic rings. The minimum Gasteiger partial charge on any atom is -0.461 e. The summed E-state index contributed by atoms with van der Waals surface area (Å²) in [6.45, 7) is 6.59. The summed E-state index contributed by atoms with van der Waals surface area (Å²) in [6, 6.07) is 0.377. The van der Waals surface area contributed by atoms with E-state index in [0.717, 1.165) is 44.0 Å². The molecule has 3 atom stereocenters. The SMILES string of the molecule is CCc1cnc(CN(C)[C@@H]2CCN([C@H]3C[C@@H](C)OC3=O)C2)o1. The number of likely N-dealkylation sites (tertiary alicyclic amines) is 1. The first-order chi connectivity index (χ1) is 10.6. The summed E-state index contributed by atoms with van der Waals surface area (Å²) in [5.41, 5.74) is 0. The van der Waals surface area contributed by atoms with Gasteiger partial charge in [-0.15, -0.1) is 0 Å². The van der Waals surface area contributed by atoms with Crippen molar-refractivity contribution in [3.8, 4) is 0 Å². The predicted molar refractivity (Wildman–Crippen MR) is 81.3 cm³/mol. The standard InChI is InChI=1S/C16H25N3O3/c1-4-13-8-17-15(22-13)10-18(3)12-5-6-19(9-12)14-7-11(2)21-16(14)20/h8,11-12,14H,4-7,9-10H2,1-3H3/t11-,12-,14+/m1/s1. The first-order valence-corrected chi connectivity index (χ1v) is 8.15. The largest absolute Gasteiger partial charge is 0.461 e. The maximum absolute atomic E-state index is 11.9. The van der Waals surface area contributed by atoms with Gasteiger partial charge in [0.15, 0.2) is 0 Å². The monoisotopic (exact) mass is 307 g/mol. The number of likely N-dealkylation sites (N-methyl/N-ethyl adjacent to an activating group) is 1. The maximum Gasteiger partial charge on any atom is 0.323 e. The molecule has 2 fully saturated rings. The Bertz CT molecular complexity index is 530. The molecule has 6 nitrogen and oxygen atoms in total. The lowest BCUT2D eigenvalue weighted by atomic mass is 10.1. The topological polar surface area (TPSA) is 58.8 Å². The lowest BCUT2D eigenvalue weighted by Gasteiger charge is -2.24. The third kappa shape index (κ3) is 3.17. The third-order valence-corrected chi connectivity index (χ3v) is 4.74. The molecule has 3 rings (SSSR count). The van der Waals surface area contributed by atoms with Crippen LogP contribution in [-0.4, -0.2) is 59.1 Å². The summed E-state index contributed by atoms with van der Waals surface area (Å²) < 4.78 is 11.0. The van der Waals surface area contributed by atoms with Crippen LogP contribution < -0.4 is 0 Å². The van der Waals surface area contributed by atoms with E-state index in [2.05, 4.69) is 28.8 Å². The number of aromatic nitrogens is 1. The molecule has 0 amide bonds. The highest BCUT2D eigenvalue weighted by Crippen LogP contribution is 2.25. The Balaban J connectivity index is 1.54. The summed E-state index contributed by atoms with van der Waals surface area (Å²) in [5.74, 6) is 1.64. The molecule has 1 aromatic heterocycles. The molecule has 0 aliphatic carbocycles. The van der Waals surface area contributed by atoms with Gasteiger partial charge in [-0.1, -0.05) is 6.92 Å². The molecular weight excluding hydrogens is 282 g/mol. The second-order valence-corrected chi connectivity index (χ2v) is 6.43. The van der Waals surface area contributed by atoms with Gasteiger partial charge >= 0.3 is 5.97 Å². The normalized spacial score (nSPS) is 29.5. The van der Waals surface area contributed by atoms with Crippen LogP contribution in [0.4, 0.5) is 0 Å². The quantitative estimate of drug-likeness (QED) is 0.767. The van der Waals surface area contributed by atoms with Gasteiger partial charge < -0.3 is 9.15 Å².